The third-order valence-electron chi connectivity index (χ3n) is 2.55. The first kappa shape index (κ1) is 9.43. The lowest BCUT2D eigenvalue weighted by atomic mass is 10.2. The number of para-hydroxylation sites is 1. The number of pyridine rings is 1. The van der Waals surface area contributed by atoms with Gasteiger partial charge in [-0.05, 0) is 23.6 Å². The number of hydrogen-bond acceptors (Lipinski definition) is 1. The van der Waals surface area contributed by atoms with Crippen molar-refractivity contribution in [2.75, 3.05) is 0 Å². The molecule has 0 spiro atoms. The maximum atomic E-state index is 5.96. The molecule has 3 heteroatoms. The van der Waals surface area contributed by atoms with Crippen LogP contribution in [0.2, 0.25) is 5.02 Å². The Labute approximate surface area is 98.1 Å². The Morgan fingerprint density at radius 2 is 1.94 bits per heavy atom. The third kappa shape index (κ3) is 1.48. The van der Waals surface area contributed by atoms with Crippen molar-refractivity contribution in [3.05, 3.63) is 59.9 Å². The van der Waals surface area contributed by atoms with E-state index in [1.165, 1.54) is 5.39 Å². The van der Waals surface area contributed by atoms with Gasteiger partial charge in [-0.2, -0.15) is 0 Å². The van der Waals surface area contributed by atoms with Crippen molar-refractivity contribution in [2.45, 2.75) is 0 Å². The molecular weight excluding hydrogens is 220 g/mol. The number of halogens is 1. The lowest BCUT2D eigenvalue weighted by Crippen LogP contribution is -1.94. The van der Waals surface area contributed by atoms with E-state index in [0.717, 1.165) is 11.3 Å². The molecule has 0 saturated carbocycles. The van der Waals surface area contributed by atoms with E-state index in [9.17, 15) is 0 Å². The second-order valence-electron chi connectivity index (χ2n) is 3.58. The third-order valence-corrected chi connectivity index (χ3v) is 2.79. The van der Waals surface area contributed by atoms with Crippen LogP contribution in [-0.2, 0) is 0 Å². The van der Waals surface area contributed by atoms with Crippen LogP contribution in [0.4, 0.5) is 0 Å². The van der Waals surface area contributed by atoms with Crippen LogP contribution < -0.4 is 0 Å². The highest BCUT2D eigenvalue weighted by Crippen LogP contribution is 2.20. The quantitative estimate of drug-likeness (QED) is 0.621. The summed E-state index contributed by atoms with van der Waals surface area (Å²) in [5.74, 6) is 0.841. The van der Waals surface area contributed by atoms with Crippen molar-refractivity contribution in [3.63, 3.8) is 0 Å². The summed E-state index contributed by atoms with van der Waals surface area (Å²) in [5, 5.41) is 1.90. The first-order valence-electron chi connectivity index (χ1n) is 5.02. The highest BCUT2D eigenvalue weighted by atomic mass is 35.5. The Kier molecular flexibility index (Phi) is 2.15. The van der Waals surface area contributed by atoms with E-state index in [4.69, 9.17) is 11.6 Å². The van der Waals surface area contributed by atoms with Crippen LogP contribution in [0.5, 0.6) is 0 Å². The van der Waals surface area contributed by atoms with Gasteiger partial charge >= 0.3 is 0 Å². The zero-order valence-corrected chi connectivity index (χ0v) is 9.22. The Morgan fingerprint density at radius 1 is 1.06 bits per heavy atom. The average Bonchev–Trinajstić information content (AvgIpc) is 2.72. The van der Waals surface area contributed by atoms with Gasteiger partial charge < -0.3 is 4.57 Å². The van der Waals surface area contributed by atoms with Gasteiger partial charge in [-0.15, -0.1) is 0 Å². The van der Waals surface area contributed by atoms with Crippen LogP contribution in [0.15, 0.2) is 54.9 Å². The molecule has 3 aromatic rings. The molecule has 2 aromatic heterocycles. The predicted octanol–water partition coefficient (Wildman–Crippen LogP) is 3.68. The van der Waals surface area contributed by atoms with Gasteiger partial charge in [0.2, 0.25) is 0 Å². The topological polar surface area (TPSA) is 17.8 Å². The number of aromatic nitrogens is 2. The molecule has 0 atom stereocenters. The van der Waals surface area contributed by atoms with Crippen LogP contribution in [0.25, 0.3) is 16.7 Å². The zero-order valence-electron chi connectivity index (χ0n) is 8.47. The average molecular weight is 229 g/mol. The molecule has 0 bridgehead atoms. The number of hydrogen-bond donors (Lipinski definition) is 0. The Balaban J connectivity index is 2.26. The van der Waals surface area contributed by atoms with E-state index >= 15 is 0 Å². The predicted molar refractivity (Wildman–Crippen MR) is 66.1 cm³/mol. The molecule has 3 rings (SSSR count). The van der Waals surface area contributed by atoms with Crippen molar-refractivity contribution >= 4 is 22.5 Å². The molecule has 0 N–H and O–H groups in total. The summed E-state index contributed by atoms with van der Waals surface area (Å²) >= 11 is 5.96. The van der Waals surface area contributed by atoms with Crippen LogP contribution in [0.3, 0.4) is 0 Å². The Morgan fingerprint density at radius 3 is 2.81 bits per heavy atom. The van der Waals surface area contributed by atoms with Crippen molar-refractivity contribution in [1.29, 1.82) is 0 Å². The molecule has 0 saturated heterocycles. The molecule has 0 radical (unpaired) electrons. The van der Waals surface area contributed by atoms with Gasteiger partial charge in [0.05, 0.1) is 5.52 Å². The number of rotatable bonds is 1. The van der Waals surface area contributed by atoms with Crippen molar-refractivity contribution in [2.24, 2.45) is 0 Å². The van der Waals surface area contributed by atoms with Crippen molar-refractivity contribution < 1.29 is 0 Å². The number of nitrogens with zero attached hydrogens (tertiary/aromatic N) is 2. The van der Waals surface area contributed by atoms with Crippen LogP contribution in [0, 0.1) is 0 Å². The fourth-order valence-corrected chi connectivity index (χ4v) is 1.96. The van der Waals surface area contributed by atoms with E-state index in [2.05, 4.69) is 23.2 Å². The molecule has 0 fully saturated rings. The van der Waals surface area contributed by atoms with E-state index < -0.39 is 0 Å². The molecule has 0 aliphatic rings. The molecule has 2 heterocycles. The molecule has 1 aromatic carbocycles. The van der Waals surface area contributed by atoms with Gasteiger partial charge in [-0.1, -0.05) is 29.8 Å². The first-order valence-corrected chi connectivity index (χ1v) is 5.40. The summed E-state index contributed by atoms with van der Waals surface area (Å²) in [5.41, 5.74) is 1.14. The summed E-state index contributed by atoms with van der Waals surface area (Å²) in [6.45, 7) is 0. The minimum absolute atomic E-state index is 0.697. The van der Waals surface area contributed by atoms with Gasteiger partial charge in [0.25, 0.3) is 0 Å². The molecule has 0 amide bonds. The van der Waals surface area contributed by atoms with E-state index in [1.54, 1.807) is 12.3 Å². The summed E-state index contributed by atoms with van der Waals surface area (Å²) < 4.78 is 2.03. The maximum Gasteiger partial charge on any atom is 0.138 e. The SMILES string of the molecule is Clc1ccnc(-n2ccc3ccccc32)c1. The second kappa shape index (κ2) is 3.65. The maximum absolute atomic E-state index is 5.96. The Hall–Kier alpha value is -1.80. The monoisotopic (exact) mass is 228 g/mol. The summed E-state index contributed by atoms with van der Waals surface area (Å²) in [7, 11) is 0. The number of benzene rings is 1. The molecular formula is C13H9ClN2. The van der Waals surface area contributed by atoms with Gasteiger partial charge in [-0.25, -0.2) is 4.98 Å². The summed E-state index contributed by atoms with van der Waals surface area (Å²) in [4.78, 5) is 4.31. The van der Waals surface area contributed by atoms with E-state index in [1.807, 2.05) is 29.0 Å². The fourth-order valence-electron chi connectivity index (χ4n) is 1.81. The van der Waals surface area contributed by atoms with Crippen molar-refractivity contribution in [1.82, 2.24) is 9.55 Å². The number of fused-ring (bicyclic) bond motifs is 1. The highest BCUT2D eigenvalue weighted by Gasteiger charge is 2.03. The minimum atomic E-state index is 0.697. The lowest BCUT2D eigenvalue weighted by molar-refractivity contribution is 1.04. The van der Waals surface area contributed by atoms with Gasteiger partial charge in [0, 0.05) is 23.5 Å². The second-order valence-corrected chi connectivity index (χ2v) is 4.01. The molecule has 0 aliphatic carbocycles. The molecule has 0 unspecified atom stereocenters. The van der Waals surface area contributed by atoms with Crippen LogP contribution in [0.1, 0.15) is 0 Å². The first-order chi connectivity index (χ1) is 7.84. The minimum Gasteiger partial charge on any atom is -0.301 e. The Bertz CT molecular complexity index is 643. The molecule has 16 heavy (non-hydrogen) atoms. The van der Waals surface area contributed by atoms with E-state index in [0.29, 0.717) is 5.02 Å². The standard InChI is InChI=1S/C13H9ClN2/c14-11-5-7-15-13(9-11)16-8-6-10-3-1-2-4-12(10)16/h1-9H. The van der Waals surface area contributed by atoms with Crippen LogP contribution in [-0.4, -0.2) is 9.55 Å². The molecule has 0 aliphatic heterocycles. The highest BCUT2D eigenvalue weighted by molar-refractivity contribution is 6.30. The lowest BCUT2D eigenvalue weighted by Gasteiger charge is -2.04. The molecule has 78 valence electrons. The van der Waals surface area contributed by atoms with Crippen molar-refractivity contribution in [3.8, 4) is 5.82 Å². The smallest absolute Gasteiger partial charge is 0.138 e. The van der Waals surface area contributed by atoms with Crippen LogP contribution >= 0.6 is 11.6 Å². The molecule has 2 nitrogen and oxygen atoms in total. The summed E-state index contributed by atoms with van der Waals surface area (Å²) in [6, 6.07) is 13.9. The zero-order chi connectivity index (χ0) is 11.0. The van der Waals surface area contributed by atoms with Gasteiger partial charge in [-0.3, -0.25) is 0 Å². The van der Waals surface area contributed by atoms with Gasteiger partial charge in [0.15, 0.2) is 0 Å². The largest absolute Gasteiger partial charge is 0.301 e. The van der Waals surface area contributed by atoms with E-state index in [-0.39, 0.29) is 0 Å². The normalized spacial score (nSPS) is 10.8. The van der Waals surface area contributed by atoms with Gasteiger partial charge in [0.1, 0.15) is 5.82 Å². The fraction of sp³-hybridized carbons (Fsp3) is 0. The summed E-state index contributed by atoms with van der Waals surface area (Å²) in [6.07, 6.45) is 3.72.